The molecule has 2 heterocycles. The van der Waals surface area contributed by atoms with Crippen LogP contribution in [0.15, 0.2) is 91.1 Å². The Bertz CT molecular complexity index is 1190. The van der Waals surface area contributed by atoms with Gasteiger partial charge in [-0.3, -0.25) is 4.79 Å². The molecular weight excluding hydrogens is 426 g/mol. The van der Waals surface area contributed by atoms with E-state index < -0.39 is 0 Å². The minimum absolute atomic E-state index is 0.101. The SMILES string of the molecule is O=C1CS[C@H](c2cn(-c3ccccc3)nc2-c2ccccc2)N1Cc1ccc(Cl)cc1. The van der Waals surface area contributed by atoms with E-state index in [0.717, 1.165) is 28.1 Å². The monoisotopic (exact) mass is 445 g/mol. The Morgan fingerprint density at radius 1 is 0.935 bits per heavy atom. The van der Waals surface area contributed by atoms with E-state index in [1.807, 2.05) is 82.4 Å². The summed E-state index contributed by atoms with van der Waals surface area (Å²) in [4.78, 5) is 14.7. The summed E-state index contributed by atoms with van der Waals surface area (Å²) in [6, 6.07) is 27.9. The second-order valence-corrected chi connectivity index (χ2v) is 8.90. The van der Waals surface area contributed by atoms with Crippen LogP contribution in [0.4, 0.5) is 0 Å². The van der Waals surface area contributed by atoms with E-state index in [2.05, 4.69) is 18.3 Å². The number of nitrogens with zero attached hydrogens (tertiary/aromatic N) is 3. The third-order valence-electron chi connectivity index (χ3n) is 5.31. The number of hydrogen-bond acceptors (Lipinski definition) is 3. The predicted octanol–water partition coefficient (Wildman–Crippen LogP) is 5.97. The molecule has 0 radical (unpaired) electrons. The second-order valence-electron chi connectivity index (χ2n) is 7.39. The lowest BCUT2D eigenvalue weighted by Gasteiger charge is -2.24. The smallest absolute Gasteiger partial charge is 0.234 e. The van der Waals surface area contributed by atoms with Crippen molar-refractivity contribution < 1.29 is 4.79 Å². The van der Waals surface area contributed by atoms with Crippen LogP contribution < -0.4 is 0 Å². The molecule has 1 aromatic heterocycles. The number of thioether (sulfide) groups is 1. The van der Waals surface area contributed by atoms with Gasteiger partial charge in [-0.15, -0.1) is 11.8 Å². The van der Waals surface area contributed by atoms with Crippen molar-refractivity contribution in [2.75, 3.05) is 5.75 Å². The van der Waals surface area contributed by atoms with E-state index >= 15 is 0 Å². The molecule has 1 aliphatic rings. The van der Waals surface area contributed by atoms with Crippen LogP contribution in [0.3, 0.4) is 0 Å². The molecule has 5 rings (SSSR count). The molecule has 3 aromatic carbocycles. The molecule has 0 unspecified atom stereocenters. The van der Waals surface area contributed by atoms with Gasteiger partial charge in [0.2, 0.25) is 5.91 Å². The van der Waals surface area contributed by atoms with E-state index in [9.17, 15) is 4.79 Å². The Morgan fingerprint density at radius 2 is 1.61 bits per heavy atom. The third-order valence-corrected chi connectivity index (χ3v) is 6.80. The molecule has 154 valence electrons. The summed E-state index contributed by atoms with van der Waals surface area (Å²) in [6.45, 7) is 0.540. The van der Waals surface area contributed by atoms with Crippen molar-refractivity contribution in [1.29, 1.82) is 0 Å². The molecule has 0 N–H and O–H groups in total. The molecule has 4 aromatic rings. The summed E-state index contributed by atoms with van der Waals surface area (Å²) in [5.74, 6) is 0.597. The molecule has 1 amide bonds. The lowest BCUT2D eigenvalue weighted by atomic mass is 10.1. The maximum atomic E-state index is 12.8. The van der Waals surface area contributed by atoms with E-state index in [-0.39, 0.29) is 11.3 Å². The first-order valence-electron chi connectivity index (χ1n) is 10.0. The summed E-state index contributed by atoms with van der Waals surface area (Å²) < 4.78 is 1.90. The molecular formula is C25H20ClN3OS. The number of aromatic nitrogens is 2. The summed E-state index contributed by atoms with van der Waals surface area (Å²) in [5.41, 5.74) is 5.03. The average molecular weight is 446 g/mol. The lowest BCUT2D eigenvalue weighted by molar-refractivity contribution is -0.128. The van der Waals surface area contributed by atoms with E-state index in [1.54, 1.807) is 11.8 Å². The van der Waals surface area contributed by atoms with Crippen LogP contribution in [0.25, 0.3) is 16.9 Å². The maximum Gasteiger partial charge on any atom is 0.234 e. The second kappa shape index (κ2) is 8.61. The maximum absolute atomic E-state index is 12.8. The van der Waals surface area contributed by atoms with Crippen LogP contribution in [0.5, 0.6) is 0 Å². The summed E-state index contributed by atoms with van der Waals surface area (Å²) in [5, 5.41) is 5.51. The van der Waals surface area contributed by atoms with Gasteiger partial charge in [0.15, 0.2) is 0 Å². The Kier molecular flexibility index (Phi) is 5.53. The van der Waals surface area contributed by atoms with Crippen LogP contribution in [-0.2, 0) is 11.3 Å². The number of carbonyl (C=O) groups excluding carboxylic acids is 1. The van der Waals surface area contributed by atoms with Crippen LogP contribution in [-0.4, -0.2) is 26.3 Å². The van der Waals surface area contributed by atoms with Crippen LogP contribution in [0.2, 0.25) is 5.02 Å². The highest BCUT2D eigenvalue weighted by molar-refractivity contribution is 8.00. The first-order chi connectivity index (χ1) is 15.2. The molecule has 0 bridgehead atoms. The number of para-hydroxylation sites is 1. The van der Waals surface area contributed by atoms with E-state index in [1.165, 1.54) is 0 Å². The molecule has 6 heteroatoms. The average Bonchev–Trinajstić information content (AvgIpc) is 3.41. The van der Waals surface area contributed by atoms with Gasteiger partial charge in [-0.05, 0) is 29.8 Å². The van der Waals surface area contributed by atoms with Crippen molar-refractivity contribution in [3.05, 3.63) is 107 Å². The van der Waals surface area contributed by atoms with Gasteiger partial charge >= 0.3 is 0 Å². The van der Waals surface area contributed by atoms with Gasteiger partial charge < -0.3 is 4.90 Å². The highest BCUT2D eigenvalue weighted by Gasteiger charge is 2.35. The van der Waals surface area contributed by atoms with Crippen molar-refractivity contribution in [3.63, 3.8) is 0 Å². The fourth-order valence-corrected chi connectivity index (χ4v) is 5.09. The topological polar surface area (TPSA) is 38.1 Å². The van der Waals surface area contributed by atoms with Crippen molar-refractivity contribution in [2.24, 2.45) is 0 Å². The first-order valence-corrected chi connectivity index (χ1v) is 11.5. The molecule has 0 aliphatic carbocycles. The highest BCUT2D eigenvalue weighted by Crippen LogP contribution is 2.43. The first kappa shape index (κ1) is 19.9. The van der Waals surface area contributed by atoms with Gasteiger partial charge in [0.25, 0.3) is 0 Å². The molecule has 1 aliphatic heterocycles. The van der Waals surface area contributed by atoms with Gasteiger partial charge in [-0.25, -0.2) is 4.68 Å². The minimum Gasteiger partial charge on any atom is -0.321 e. The quantitative estimate of drug-likeness (QED) is 0.380. The number of benzene rings is 3. The normalized spacial score (nSPS) is 16.1. The molecule has 1 saturated heterocycles. The number of rotatable bonds is 5. The molecule has 0 saturated carbocycles. The predicted molar refractivity (Wildman–Crippen MR) is 126 cm³/mol. The summed E-state index contributed by atoms with van der Waals surface area (Å²) in [7, 11) is 0. The van der Waals surface area contributed by atoms with Crippen LogP contribution >= 0.6 is 23.4 Å². The van der Waals surface area contributed by atoms with Crippen LogP contribution in [0, 0.1) is 0 Å². The zero-order valence-corrected chi connectivity index (χ0v) is 18.3. The van der Waals surface area contributed by atoms with Crippen LogP contribution in [0.1, 0.15) is 16.5 Å². The summed E-state index contributed by atoms with van der Waals surface area (Å²) in [6.07, 6.45) is 2.06. The number of amides is 1. The van der Waals surface area contributed by atoms with Crippen molar-refractivity contribution in [3.8, 4) is 16.9 Å². The third kappa shape index (κ3) is 4.11. The number of carbonyl (C=O) groups is 1. The molecule has 0 spiro atoms. The Labute approximate surface area is 190 Å². The van der Waals surface area contributed by atoms with Gasteiger partial charge in [0.05, 0.1) is 17.1 Å². The van der Waals surface area contributed by atoms with Crippen molar-refractivity contribution in [2.45, 2.75) is 11.9 Å². The minimum atomic E-state index is -0.101. The van der Waals surface area contributed by atoms with Crippen molar-refractivity contribution in [1.82, 2.24) is 14.7 Å². The molecule has 31 heavy (non-hydrogen) atoms. The Hall–Kier alpha value is -3.02. The zero-order chi connectivity index (χ0) is 21.2. The zero-order valence-electron chi connectivity index (χ0n) is 16.7. The van der Waals surface area contributed by atoms with Crippen molar-refractivity contribution >= 4 is 29.3 Å². The Balaban J connectivity index is 1.56. The molecule has 4 nitrogen and oxygen atoms in total. The van der Waals surface area contributed by atoms with Gasteiger partial charge in [-0.2, -0.15) is 5.10 Å². The molecule has 1 fully saturated rings. The fourth-order valence-electron chi connectivity index (χ4n) is 3.77. The van der Waals surface area contributed by atoms with Gasteiger partial charge in [0, 0.05) is 28.9 Å². The number of halogens is 1. The number of hydrogen-bond donors (Lipinski definition) is 0. The van der Waals surface area contributed by atoms with E-state index in [4.69, 9.17) is 16.7 Å². The lowest BCUT2D eigenvalue weighted by Crippen LogP contribution is -2.27. The summed E-state index contributed by atoms with van der Waals surface area (Å²) >= 11 is 7.68. The highest BCUT2D eigenvalue weighted by atomic mass is 35.5. The van der Waals surface area contributed by atoms with E-state index in [0.29, 0.717) is 17.3 Å². The fraction of sp³-hybridized carbons (Fsp3) is 0.120. The standard InChI is InChI=1S/C25H20ClN3OS/c26-20-13-11-18(12-14-20)15-28-23(30)17-31-25(28)22-16-29(21-9-5-2-6-10-21)27-24(22)19-7-3-1-4-8-19/h1-14,16,25H,15,17H2/t25-/m1/s1. The Morgan fingerprint density at radius 3 is 2.32 bits per heavy atom. The van der Waals surface area contributed by atoms with Gasteiger partial charge in [0.1, 0.15) is 5.37 Å². The molecule has 1 atom stereocenters. The largest absolute Gasteiger partial charge is 0.321 e. The van der Waals surface area contributed by atoms with Gasteiger partial charge in [-0.1, -0.05) is 72.3 Å².